The van der Waals surface area contributed by atoms with Gasteiger partial charge in [0.25, 0.3) is 5.91 Å². The smallest absolute Gasteiger partial charge is 0.263 e. The lowest BCUT2D eigenvalue weighted by Crippen LogP contribution is -2.43. The molecular formula is C11H14ClNOS. The first-order chi connectivity index (χ1) is 7.18. The van der Waals surface area contributed by atoms with Crippen molar-refractivity contribution in [3.8, 4) is 0 Å². The molecule has 2 atom stereocenters. The summed E-state index contributed by atoms with van der Waals surface area (Å²) in [6, 6.07) is 3.79. The number of alkyl halides is 1. The predicted molar refractivity (Wildman–Crippen MR) is 63.6 cm³/mol. The lowest BCUT2D eigenvalue weighted by atomic mass is 9.99. The number of carbonyl (C=O) groups is 1. The monoisotopic (exact) mass is 243 g/mol. The van der Waals surface area contributed by atoms with Crippen LogP contribution in [0.25, 0.3) is 0 Å². The van der Waals surface area contributed by atoms with Crippen molar-refractivity contribution in [3.05, 3.63) is 22.4 Å². The van der Waals surface area contributed by atoms with Gasteiger partial charge < -0.3 is 4.90 Å². The molecule has 0 N–H and O–H groups in total. The van der Waals surface area contributed by atoms with Crippen LogP contribution < -0.4 is 0 Å². The number of nitrogens with zero attached hydrogens (tertiary/aromatic N) is 1. The number of hydrogen-bond donors (Lipinski definition) is 0. The Bertz CT molecular complexity index is 338. The van der Waals surface area contributed by atoms with Crippen LogP contribution in [0.2, 0.25) is 0 Å². The summed E-state index contributed by atoms with van der Waals surface area (Å²) in [6.07, 6.45) is 0.903. The van der Waals surface area contributed by atoms with Gasteiger partial charge in [-0.25, -0.2) is 0 Å². The highest BCUT2D eigenvalue weighted by molar-refractivity contribution is 7.12. The van der Waals surface area contributed by atoms with E-state index >= 15 is 0 Å². The molecule has 15 heavy (non-hydrogen) atoms. The fraction of sp³-hybridized carbons (Fsp3) is 0.545. The minimum absolute atomic E-state index is 0.153. The van der Waals surface area contributed by atoms with Crippen LogP contribution in [-0.4, -0.2) is 29.3 Å². The van der Waals surface area contributed by atoms with Gasteiger partial charge in [0.1, 0.15) is 0 Å². The third-order valence-corrected chi connectivity index (χ3v) is 4.33. The Morgan fingerprint density at radius 2 is 2.47 bits per heavy atom. The Balaban J connectivity index is 2.03. The molecule has 2 heterocycles. The third-order valence-electron chi connectivity index (χ3n) is 2.82. The van der Waals surface area contributed by atoms with Crippen LogP contribution in [-0.2, 0) is 0 Å². The Morgan fingerprint density at radius 3 is 3.07 bits per heavy atom. The summed E-state index contributed by atoms with van der Waals surface area (Å²) in [5.74, 6) is 0.546. The van der Waals surface area contributed by atoms with E-state index in [0.29, 0.717) is 5.92 Å². The summed E-state index contributed by atoms with van der Waals surface area (Å²) in [7, 11) is 0. The Kier molecular flexibility index (Phi) is 3.32. The second-order valence-electron chi connectivity index (χ2n) is 4.01. The van der Waals surface area contributed by atoms with Crippen molar-refractivity contribution in [1.82, 2.24) is 4.90 Å². The van der Waals surface area contributed by atoms with Crippen molar-refractivity contribution in [2.24, 2.45) is 5.92 Å². The molecule has 1 fully saturated rings. The zero-order chi connectivity index (χ0) is 10.8. The SMILES string of the molecule is CC1CN(C(=O)c2cccs2)CCC1Cl. The first kappa shape index (κ1) is 11.0. The lowest BCUT2D eigenvalue weighted by molar-refractivity contribution is 0.0692. The summed E-state index contributed by atoms with van der Waals surface area (Å²) in [4.78, 5) is 14.7. The minimum Gasteiger partial charge on any atom is -0.338 e. The van der Waals surface area contributed by atoms with Crippen molar-refractivity contribution in [2.45, 2.75) is 18.7 Å². The molecule has 1 aromatic heterocycles. The lowest BCUT2D eigenvalue weighted by Gasteiger charge is -2.33. The molecule has 1 amide bonds. The molecule has 0 radical (unpaired) electrons. The molecule has 0 aliphatic carbocycles. The van der Waals surface area contributed by atoms with E-state index in [9.17, 15) is 4.79 Å². The van der Waals surface area contributed by atoms with Crippen molar-refractivity contribution in [1.29, 1.82) is 0 Å². The molecule has 1 aromatic rings. The summed E-state index contributed by atoms with van der Waals surface area (Å²) in [6.45, 7) is 3.67. The number of piperidine rings is 1. The first-order valence-corrected chi connectivity index (χ1v) is 6.47. The van der Waals surface area contributed by atoms with Gasteiger partial charge >= 0.3 is 0 Å². The topological polar surface area (TPSA) is 20.3 Å². The van der Waals surface area contributed by atoms with E-state index in [1.54, 1.807) is 0 Å². The zero-order valence-corrected chi connectivity index (χ0v) is 10.2. The van der Waals surface area contributed by atoms with Crippen molar-refractivity contribution < 1.29 is 4.79 Å². The summed E-state index contributed by atoms with van der Waals surface area (Å²) >= 11 is 7.63. The van der Waals surface area contributed by atoms with Crippen molar-refractivity contribution in [2.75, 3.05) is 13.1 Å². The second kappa shape index (κ2) is 4.54. The minimum atomic E-state index is 0.153. The third kappa shape index (κ3) is 2.34. The van der Waals surface area contributed by atoms with E-state index in [0.717, 1.165) is 24.4 Å². The van der Waals surface area contributed by atoms with Gasteiger partial charge in [0.05, 0.1) is 4.88 Å². The molecule has 4 heteroatoms. The molecule has 1 aliphatic heterocycles. The van der Waals surface area contributed by atoms with Crippen LogP contribution in [0.3, 0.4) is 0 Å². The van der Waals surface area contributed by atoms with E-state index in [2.05, 4.69) is 6.92 Å². The molecule has 1 saturated heterocycles. The van der Waals surface area contributed by atoms with Crippen LogP contribution in [0.1, 0.15) is 23.0 Å². The van der Waals surface area contributed by atoms with Crippen LogP contribution in [0.15, 0.2) is 17.5 Å². The van der Waals surface area contributed by atoms with Gasteiger partial charge in [0, 0.05) is 18.5 Å². The van der Waals surface area contributed by atoms with E-state index in [1.807, 2.05) is 22.4 Å². The summed E-state index contributed by atoms with van der Waals surface area (Å²) in [5, 5.41) is 2.16. The molecule has 0 aromatic carbocycles. The molecule has 1 aliphatic rings. The highest BCUT2D eigenvalue weighted by Gasteiger charge is 2.27. The normalized spacial score (nSPS) is 26.7. The van der Waals surface area contributed by atoms with Gasteiger partial charge in [-0.2, -0.15) is 0 Å². The number of hydrogen-bond acceptors (Lipinski definition) is 2. The Morgan fingerprint density at radius 1 is 1.67 bits per heavy atom. The number of amides is 1. The molecule has 82 valence electrons. The summed E-state index contributed by atoms with van der Waals surface area (Å²) < 4.78 is 0. The molecule has 2 unspecified atom stereocenters. The van der Waals surface area contributed by atoms with Gasteiger partial charge in [-0.3, -0.25) is 4.79 Å². The van der Waals surface area contributed by atoms with Gasteiger partial charge in [0.2, 0.25) is 0 Å². The maximum absolute atomic E-state index is 12.0. The highest BCUT2D eigenvalue weighted by Crippen LogP contribution is 2.23. The number of likely N-dealkylation sites (tertiary alicyclic amines) is 1. The van der Waals surface area contributed by atoms with E-state index in [-0.39, 0.29) is 11.3 Å². The molecule has 0 spiro atoms. The Hall–Kier alpha value is -0.540. The van der Waals surface area contributed by atoms with Gasteiger partial charge in [-0.1, -0.05) is 13.0 Å². The molecule has 2 nitrogen and oxygen atoms in total. The van der Waals surface area contributed by atoms with Gasteiger partial charge in [-0.15, -0.1) is 22.9 Å². The van der Waals surface area contributed by atoms with E-state index in [1.165, 1.54) is 11.3 Å². The van der Waals surface area contributed by atoms with Crippen LogP contribution in [0.4, 0.5) is 0 Å². The molecule has 0 bridgehead atoms. The van der Waals surface area contributed by atoms with Crippen molar-refractivity contribution >= 4 is 28.8 Å². The van der Waals surface area contributed by atoms with Gasteiger partial charge in [0.15, 0.2) is 0 Å². The van der Waals surface area contributed by atoms with Crippen molar-refractivity contribution in [3.63, 3.8) is 0 Å². The number of carbonyl (C=O) groups excluding carboxylic acids is 1. The summed E-state index contributed by atoms with van der Waals surface area (Å²) in [5.41, 5.74) is 0. The van der Waals surface area contributed by atoms with Crippen LogP contribution in [0, 0.1) is 5.92 Å². The quantitative estimate of drug-likeness (QED) is 0.695. The highest BCUT2D eigenvalue weighted by atomic mass is 35.5. The van der Waals surface area contributed by atoms with E-state index < -0.39 is 0 Å². The molecular weight excluding hydrogens is 230 g/mol. The predicted octanol–water partition coefficient (Wildman–Crippen LogP) is 2.84. The maximum Gasteiger partial charge on any atom is 0.263 e. The average molecular weight is 244 g/mol. The maximum atomic E-state index is 12.0. The standard InChI is InChI=1S/C11H14ClNOS/c1-8-7-13(5-4-9(8)12)11(14)10-3-2-6-15-10/h2-3,6,8-9H,4-5,7H2,1H3. The van der Waals surface area contributed by atoms with Gasteiger partial charge in [-0.05, 0) is 23.8 Å². The fourth-order valence-corrected chi connectivity index (χ4v) is 2.73. The Labute approximate surface area is 98.8 Å². The van der Waals surface area contributed by atoms with E-state index in [4.69, 9.17) is 11.6 Å². The average Bonchev–Trinajstić information content (AvgIpc) is 2.74. The second-order valence-corrected chi connectivity index (χ2v) is 5.52. The number of rotatable bonds is 1. The fourth-order valence-electron chi connectivity index (χ4n) is 1.86. The van der Waals surface area contributed by atoms with Crippen LogP contribution in [0.5, 0.6) is 0 Å². The number of halogens is 1. The zero-order valence-electron chi connectivity index (χ0n) is 8.65. The molecule has 0 saturated carbocycles. The largest absolute Gasteiger partial charge is 0.338 e. The first-order valence-electron chi connectivity index (χ1n) is 5.15. The van der Waals surface area contributed by atoms with Crippen LogP contribution >= 0.6 is 22.9 Å². The number of thiophene rings is 1. The molecule has 2 rings (SSSR count).